The fourth-order valence-corrected chi connectivity index (χ4v) is 18.9. The number of H-pyrrole nitrogens is 5. The molecule has 0 saturated carbocycles. The molecular formula is C82H119N28-. The van der Waals surface area contributed by atoms with Crippen molar-refractivity contribution in [2.45, 2.75) is 240 Å². The molecule has 0 amide bonds. The van der Waals surface area contributed by atoms with Gasteiger partial charge in [0, 0.05) is 94.3 Å². The number of hydrogen-bond donors (Lipinski definition) is 5. The van der Waals surface area contributed by atoms with Gasteiger partial charge in [-0.3, -0.25) is 39.8 Å². The number of anilines is 4. The lowest BCUT2D eigenvalue weighted by atomic mass is 9.92. The summed E-state index contributed by atoms with van der Waals surface area (Å²) in [6, 6.07) is 3.09. The third-order valence-electron chi connectivity index (χ3n) is 23.9. The van der Waals surface area contributed by atoms with E-state index in [-0.39, 0.29) is 24.4 Å². The number of aromatic amines is 5. The van der Waals surface area contributed by atoms with Gasteiger partial charge in [0.05, 0.1) is 162 Å². The van der Waals surface area contributed by atoms with Crippen LogP contribution < -0.4 is 67.8 Å². The number of nitrogens with zero attached hydrogens (tertiary/aromatic N) is 23. The van der Waals surface area contributed by atoms with Crippen molar-refractivity contribution in [2.75, 3.05) is 69.4 Å². The summed E-state index contributed by atoms with van der Waals surface area (Å²) in [6.45, 7) is 54.4. The molecule has 0 bridgehead atoms. The van der Waals surface area contributed by atoms with E-state index < -0.39 is 0 Å². The molecule has 28 heteroatoms. The maximum atomic E-state index is 4.94. The molecule has 0 radical (unpaired) electrons. The van der Waals surface area contributed by atoms with Gasteiger partial charge in [0.2, 0.25) is 0 Å². The number of aliphatic imine (C=N–C) groups is 2. The highest BCUT2D eigenvalue weighted by Crippen LogP contribution is 2.48. The molecule has 6 aliphatic heterocycles. The number of aromatic nitrogens is 12. The molecule has 6 aromatic heterocycles. The highest BCUT2D eigenvalue weighted by molar-refractivity contribution is 6.27. The van der Waals surface area contributed by atoms with Crippen molar-refractivity contribution in [2.24, 2.45) is 26.1 Å². The number of nitrogens with one attached hydrogen (secondary N) is 5. The Morgan fingerprint density at radius 3 is 1.36 bits per heavy atom. The fraction of sp³-hybridized carbons (Fsp3) is 0.537. The number of fused-ring (bicyclic) bond motifs is 12. The first-order valence-electron chi connectivity index (χ1n) is 39.1. The zero-order valence-corrected chi connectivity index (χ0v) is 71.2. The van der Waals surface area contributed by atoms with Crippen molar-refractivity contribution in [3.63, 3.8) is 0 Å². The molecule has 10 aliphatic rings. The van der Waals surface area contributed by atoms with Crippen LogP contribution in [0.2, 0.25) is 0 Å². The summed E-state index contributed by atoms with van der Waals surface area (Å²) >= 11 is 0. The maximum Gasteiger partial charge on any atom is 0.105 e. The minimum Gasteiger partial charge on any atom is -0.443 e. The Labute approximate surface area is 647 Å². The Morgan fingerprint density at radius 1 is 0.409 bits per heavy atom. The normalized spacial score (nSPS) is 22.2. The van der Waals surface area contributed by atoms with Crippen molar-refractivity contribution in [3.05, 3.63) is 103 Å². The average Bonchev–Trinajstić information content (AvgIpc) is 1.54. The molecule has 6 unspecified atom stereocenters. The van der Waals surface area contributed by atoms with Crippen LogP contribution in [0.3, 0.4) is 0 Å². The first-order chi connectivity index (χ1) is 52.0. The van der Waals surface area contributed by atoms with E-state index in [9.17, 15) is 0 Å². The number of hydrogen-bond acceptors (Lipinski definition) is 22. The van der Waals surface area contributed by atoms with Crippen molar-refractivity contribution in [1.29, 1.82) is 0 Å². The largest absolute Gasteiger partial charge is 0.443 e. The molecule has 6 atom stereocenters. The quantitative estimate of drug-likeness (QED) is 0.126. The zero-order chi connectivity index (χ0) is 79.9. The number of hydrazine groups is 6. The lowest BCUT2D eigenvalue weighted by molar-refractivity contribution is -0.00991. The SMILES string of the molecule is CC1=c2nc[n-]c2=C(C)C2C1=NN(C(C)C)N2C.CC1=c2nc[nH]c2=C(C)C2=NC(C(C)C)N(C)C21.CC1=c2nc[nH]c2=C(C)C2=NC(C)N(C(C)C)C21.CC1=c2nc[nH]c2=C(C)C2=NN(C)N(C(C)C)C21.Cc1c2c(c(C)c3[nH]cnc13)N(C(C)C)N(C)N2C.Cc1c2c(c(C)c3[nH]cnc13)N(C)N(C(C)C)N2C. The monoisotopic (exact) mass is 1500 g/mol. The molecule has 0 fully saturated rings. The second-order valence-electron chi connectivity index (χ2n) is 32.8. The van der Waals surface area contributed by atoms with Crippen LogP contribution in [0, 0.1) is 33.6 Å². The van der Waals surface area contributed by atoms with Gasteiger partial charge in [0.1, 0.15) is 12.3 Å². The molecule has 2 aromatic carbocycles. The average molecular weight is 1500 g/mol. The van der Waals surface area contributed by atoms with Gasteiger partial charge in [0.25, 0.3) is 0 Å². The van der Waals surface area contributed by atoms with E-state index in [0.717, 1.165) is 81.9 Å². The smallest absolute Gasteiger partial charge is 0.105 e. The van der Waals surface area contributed by atoms with Crippen LogP contribution in [-0.4, -0.2) is 234 Å². The van der Waals surface area contributed by atoms with Gasteiger partial charge in [-0.15, -0.1) is 10.2 Å². The number of benzene rings is 2. The summed E-state index contributed by atoms with van der Waals surface area (Å²) in [5.41, 5.74) is 29.1. The molecule has 12 heterocycles. The van der Waals surface area contributed by atoms with E-state index in [4.69, 9.17) is 20.2 Å². The van der Waals surface area contributed by atoms with Crippen molar-refractivity contribution >= 4 is 112 Å². The van der Waals surface area contributed by atoms with Crippen molar-refractivity contribution < 1.29 is 0 Å². The standard InChI is InChI=1S/2C14H21N5.2C14H20N4.C13H19N5.C13H18N5/c1-8(2)19-14-10(4)12-11(15-7-16-12)9(3)13(14)17(5)18(19)6;1-8(2)19-17(5)13-9(3)11-12(16-7-15-11)10(4)14(13)18(19)6;1-7(2)14-17-12-8(3)10-11(16-6-15-10)9(4)13(12)18(14)5;1-7(2)18-10(5)17-13-8(3)11-12(16-6-15-11)9(4)14(13)18;1-7(2)18-13-9(4)11-10(14-6-15-11)8(3)12(13)16-17(18)5;1-7(2)18-16-12-8(3)10-11(15-6-14-10)9(4)13(12)17(18)5/h2*7-8H,1-6H3,(H,15,16);6-7,13-14H,1-5H3,(H,15,16);6-7,10,14H,1-5H3,(H,15,16);6-7,13H,1-5H3,(H,14,15);6-7,13H,1-5H3/q;;;;;-1. The summed E-state index contributed by atoms with van der Waals surface area (Å²) < 4.78 is 0. The Bertz CT molecular complexity index is 5320. The van der Waals surface area contributed by atoms with Gasteiger partial charge in [-0.1, -0.05) is 20.2 Å². The highest BCUT2D eigenvalue weighted by Gasteiger charge is 2.44. The van der Waals surface area contributed by atoms with Crippen molar-refractivity contribution in [3.8, 4) is 0 Å². The molecule has 4 aliphatic carbocycles. The highest BCUT2D eigenvalue weighted by atomic mass is 15.9. The summed E-state index contributed by atoms with van der Waals surface area (Å²) in [5, 5.41) is 40.1. The predicted octanol–water partition coefficient (Wildman–Crippen LogP) is 6.11. The predicted molar refractivity (Wildman–Crippen MR) is 449 cm³/mol. The van der Waals surface area contributed by atoms with Crippen LogP contribution in [0.5, 0.6) is 0 Å². The van der Waals surface area contributed by atoms with Crippen LogP contribution in [0.25, 0.3) is 66.7 Å². The van der Waals surface area contributed by atoms with E-state index in [1.165, 1.54) is 95.4 Å². The van der Waals surface area contributed by atoms with Gasteiger partial charge >= 0.3 is 0 Å². The van der Waals surface area contributed by atoms with Crippen molar-refractivity contribution in [1.82, 2.24) is 100 Å². The van der Waals surface area contributed by atoms with E-state index in [0.29, 0.717) is 48.2 Å². The van der Waals surface area contributed by atoms with E-state index in [1.807, 2.05) is 17.3 Å². The first-order valence-corrected chi connectivity index (χ1v) is 39.1. The van der Waals surface area contributed by atoms with Gasteiger partial charge in [0.15, 0.2) is 0 Å². The molecule has 8 aromatic rings. The topological polar surface area (TPSA) is 259 Å². The summed E-state index contributed by atoms with van der Waals surface area (Å²) in [4.78, 5) is 61.9. The Hall–Kier alpha value is -9.58. The lowest BCUT2D eigenvalue weighted by Crippen LogP contribution is -2.51. The van der Waals surface area contributed by atoms with Crippen LogP contribution >= 0.6 is 0 Å². The van der Waals surface area contributed by atoms with Gasteiger partial charge in [-0.25, -0.2) is 35.2 Å². The Balaban J connectivity index is 0.000000116. The Kier molecular flexibility index (Phi) is 21.1. The van der Waals surface area contributed by atoms with Crippen LogP contribution in [0.1, 0.15) is 168 Å². The van der Waals surface area contributed by atoms with Crippen LogP contribution in [0.4, 0.5) is 22.7 Å². The minimum atomic E-state index is 0.205. The molecule has 110 heavy (non-hydrogen) atoms. The van der Waals surface area contributed by atoms with E-state index in [2.05, 4.69) is 325 Å². The molecule has 588 valence electrons. The number of aryl methyl sites for hydroxylation is 4. The molecule has 0 saturated heterocycles. The lowest BCUT2D eigenvalue weighted by Gasteiger charge is -2.34. The van der Waals surface area contributed by atoms with Crippen LogP contribution in [0.15, 0.2) is 58.2 Å². The number of imidazole rings is 6. The summed E-state index contributed by atoms with van der Waals surface area (Å²) in [7, 11) is 14.7. The minimum absolute atomic E-state index is 0.205. The number of rotatable bonds is 6. The molecule has 5 N–H and O–H groups in total. The maximum absolute atomic E-state index is 4.94. The Morgan fingerprint density at radius 2 is 0.873 bits per heavy atom. The van der Waals surface area contributed by atoms with Gasteiger partial charge < -0.3 is 34.9 Å². The van der Waals surface area contributed by atoms with Crippen LogP contribution in [-0.2, 0) is 0 Å². The second-order valence-corrected chi connectivity index (χ2v) is 32.8. The summed E-state index contributed by atoms with van der Waals surface area (Å²) in [5.74, 6) is 0.528. The van der Waals surface area contributed by atoms with Gasteiger partial charge in [-0.2, -0.15) is 20.2 Å². The zero-order valence-electron chi connectivity index (χ0n) is 71.2. The molecule has 18 rings (SSSR count). The van der Waals surface area contributed by atoms with E-state index >= 15 is 0 Å². The first kappa shape index (κ1) is 78.5. The second kappa shape index (κ2) is 29.6. The summed E-state index contributed by atoms with van der Waals surface area (Å²) in [6.07, 6.45) is 11.0. The molecule has 0 spiro atoms. The third-order valence-corrected chi connectivity index (χ3v) is 23.9. The molecular weight excluding hydrogens is 1380 g/mol. The third kappa shape index (κ3) is 12.4. The fourth-order valence-electron chi connectivity index (χ4n) is 18.9. The molecule has 28 nitrogen and oxygen atoms in total. The number of hydrazone groups is 2. The van der Waals surface area contributed by atoms with Gasteiger partial charge in [-0.05, 0) is 222 Å². The van der Waals surface area contributed by atoms with E-state index in [1.54, 1.807) is 38.0 Å².